The fourth-order valence-corrected chi connectivity index (χ4v) is 6.69. The predicted molar refractivity (Wildman–Crippen MR) is 138 cm³/mol. The Labute approximate surface area is 214 Å². The summed E-state index contributed by atoms with van der Waals surface area (Å²) in [4.78, 5) is 23.7. The second-order valence-corrected chi connectivity index (χ2v) is 11.6. The molecule has 2 aliphatic rings. The van der Waals surface area contributed by atoms with E-state index in [4.69, 9.17) is 0 Å². The summed E-state index contributed by atoms with van der Waals surface area (Å²) in [7, 11) is -3.74. The number of halogens is 1. The maximum atomic E-state index is 13.3. The maximum absolute atomic E-state index is 13.3. The number of carbonyl (C=O) groups is 1. The Morgan fingerprint density at radius 1 is 1.03 bits per heavy atom. The minimum atomic E-state index is -3.74. The molecule has 36 heavy (non-hydrogen) atoms. The summed E-state index contributed by atoms with van der Waals surface area (Å²) in [5.41, 5.74) is 1.78. The lowest BCUT2D eigenvalue weighted by Gasteiger charge is -2.40. The molecule has 1 N–H and O–H groups in total. The summed E-state index contributed by atoms with van der Waals surface area (Å²) >= 11 is 1.21. The number of amides is 1. The number of piperazine rings is 1. The van der Waals surface area contributed by atoms with Crippen LogP contribution in [0.1, 0.15) is 24.9 Å². The van der Waals surface area contributed by atoms with Crippen LogP contribution in [0.4, 0.5) is 15.2 Å². The Bertz CT molecular complexity index is 1290. The molecule has 1 amide bonds. The van der Waals surface area contributed by atoms with Crippen molar-refractivity contribution in [2.75, 3.05) is 42.3 Å². The highest BCUT2D eigenvalue weighted by Gasteiger charge is 2.38. The maximum Gasteiger partial charge on any atom is 0.263 e. The molecule has 0 aliphatic carbocycles. The molecule has 2 atom stereocenters. The van der Waals surface area contributed by atoms with Crippen LogP contribution in [0.15, 0.2) is 65.0 Å². The van der Waals surface area contributed by atoms with Gasteiger partial charge >= 0.3 is 0 Å². The number of carbonyl (C=O) groups excluding carboxylic acids is 1. The summed E-state index contributed by atoms with van der Waals surface area (Å²) in [6, 6.07) is 13.0. The highest BCUT2D eigenvalue weighted by Crippen LogP contribution is 2.28. The van der Waals surface area contributed by atoms with Gasteiger partial charge in [0.05, 0.1) is 10.9 Å². The highest BCUT2D eigenvalue weighted by molar-refractivity contribution is 7.93. The van der Waals surface area contributed by atoms with Crippen LogP contribution in [-0.2, 0) is 14.8 Å². The van der Waals surface area contributed by atoms with Gasteiger partial charge in [0.15, 0.2) is 5.13 Å². The average Bonchev–Trinajstić information content (AvgIpc) is 3.53. The first-order valence-corrected chi connectivity index (χ1v) is 14.3. The number of benzene rings is 2. The van der Waals surface area contributed by atoms with Gasteiger partial charge in [0.25, 0.3) is 10.0 Å². The lowest BCUT2D eigenvalue weighted by atomic mass is 10.1. The molecule has 2 aromatic carbocycles. The van der Waals surface area contributed by atoms with Gasteiger partial charge in [-0.1, -0.05) is 12.1 Å². The van der Waals surface area contributed by atoms with Crippen molar-refractivity contribution in [2.45, 2.75) is 30.3 Å². The van der Waals surface area contributed by atoms with Crippen molar-refractivity contribution in [1.29, 1.82) is 0 Å². The Balaban J connectivity index is 1.18. The quantitative estimate of drug-likeness (QED) is 0.504. The Kier molecular flexibility index (Phi) is 7.07. The third-order valence-corrected chi connectivity index (χ3v) is 9.15. The second kappa shape index (κ2) is 10.3. The van der Waals surface area contributed by atoms with Gasteiger partial charge in [-0.3, -0.25) is 19.3 Å². The molecule has 2 saturated heterocycles. The molecule has 8 nitrogen and oxygen atoms in total. The van der Waals surface area contributed by atoms with Crippen molar-refractivity contribution in [3.05, 3.63) is 71.5 Å². The van der Waals surface area contributed by atoms with Crippen LogP contribution in [0.25, 0.3) is 0 Å². The van der Waals surface area contributed by atoms with E-state index in [1.807, 2.05) is 12.1 Å². The van der Waals surface area contributed by atoms with Gasteiger partial charge < -0.3 is 4.90 Å². The van der Waals surface area contributed by atoms with Gasteiger partial charge in [-0.25, -0.2) is 17.8 Å². The predicted octanol–water partition coefficient (Wildman–Crippen LogP) is 3.57. The molecule has 2 fully saturated rings. The van der Waals surface area contributed by atoms with Crippen LogP contribution >= 0.6 is 11.3 Å². The minimum Gasteiger partial charge on any atom is -0.311 e. The van der Waals surface area contributed by atoms with Gasteiger partial charge in [0.1, 0.15) is 5.82 Å². The van der Waals surface area contributed by atoms with E-state index in [1.165, 1.54) is 41.8 Å². The Hall–Kier alpha value is -2.86. The first-order chi connectivity index (χ1) is 17.3. The molecule has 1 aromatic heterocycles. The second-order valence-electron chi connectivity index (χ2n) is 9.03. The number of rotatable bonds is 7. The van der Waals surface area contributed by atoms with Crippen molar-refractivity contribution in [3.8, 4) is 0 Å². The van der Waals surface area contributed by atoms with Crippen LogP contribution in [-0.4, -0.2) is 67.9 Å². The third kappa shape index (κ3) is 5.15. The van der Waals surface area contributed by atoms with Gasteiger partial charge in [-0.15, -0.1) is 11.3 Å². The van der Waals surface area contributed by atoms with Crippen molar-refractivity contribution in [2.24, 2.45) is 0 Å². The topological polar surface area (TPSA) is 85.8 Å². The smallest absolute Gasteiger partial charge is 0.263 e. The van der Waals surface area contributed by atoms with Crippen LogP contribution in [0.3, 0.4) is 0 Å². The summed E-state index contributed by atoms with van der Waals surface area (Å²) in [5.74, 6) is -0.185. The minimum absolute atomic E-state index is 0.0477. The largest absolute Gasteiger partial charge is 0.311 e. The standard InChI is InChI=1S/C25H28FN5O3S2/c1-18(19-2-4-20(26)5-3-19)29-13-15-30(16-14-29)23-10-12-31(24(23)32)21-6-8-22(9-7-21)36(33,34)28-25-27-11-17-35-25/h2-9,11,17-18,23H,10,12-16H2,1H3,(H,27,28)/t18-,23-/m0/s1. The third-order valence-electron chi connectivity index (χ3n) is 6.98. The van der Waals surface area contributed by atoms with E-state index in [-0.39, 0.29) is 28.7 Å². The number of anilines is 2. The van der Waals surface area contributed by atoms with Crippen LogP contribution in [0.5, 0.6) is 0 Å². The van der Waals surface area contributed by atoms with Crippen molar-refractivity contribution < 1.29 is 17.6 Å². The fraction of sp³-hybridized carbons (Fsp3) is 0.360. The molecule has 0 bridgehead atoms. The monoisotopic (exact) mass is 529 g/mol. The number of hydrogen-bond donors (Lipinski definition) is 1. The summed E-state index contributed by atoms with van der Waals surface area (Å²) in [6.45, 7) is 5.97. The van der Waals surface area contributed by atoms with Crippen LogP contribution in [0.2, 0.25) is 0 Å². The van der Waals surface area contributed by atoms with Gasteiger partial charge in [-0.05, 0) is 55.3 Å². The van der Waals surface area contributed by atoms with E-state index in [9.17, 15) is 17.6 Å². The van der Waals surface area contributed by atoms with E-state index >= 15 is 0 Å². The molecule has 0 unspecified atom stereocenters. The Morgan fingerprint density at radius 3 is 2.36 bits per heavy atom. The summed E-state index contributed by atoms with van der Waals surface area (Å²) in [6.07, 6.45) is 2.27. The Morgan fingerprint density at radius 2 is 1.72 bits per heavy atom. The SMILES string of the molecule is C[C@@H](c1ccc(F)cc1)N1CCN([C@H]2CCN(c3ccc(S(=O)(=O)Nc4nccs4)cc3)C2=O)CC1. The van der Waals surface area contributed by atoms with E-state index in [2.05, 4.69) is 26.4 Å². The number of aromatic nitrogens is 1. The number of sulfonamides is 1. The molecule has 0 saturated carbocycles. The van der Waals surface area contributed by atoms with Gasteiger partial charge in [0.2, 0.25) is 5.91 Å². The number of nitrogens with zero attached hydrogens (tertiary/aromatic N) is 4. The zero-order chi connectivity index (χ0) is 25.3. The molecule has 11 heteroatoms. The van der Waals surface area contributed by atoms with E-state index in [1.54, 1.807) is 22.4 Å². The zero-order valence-corrected chi connectivity index (χ0v) is 21.5. The fourth-order valence-electron chi connectivity index (χ4n) is 4.90. The molecule has 3 heterocycles. The summed E-state index contributed by atoms with van der Waals surface area (Å²) < 4.78 is 40.9. The van der Waals surface area contributed by atoms with E-state index < -0.39 is 10.0 Å². The van der Waals surface area contributed by atoms with Gasteiger partial charge in [-0.2, -0.15) is 0 Å². The summed E-state index contributed by atoms with van der Waals surface area (Å²) in [5, 5.41) is 2.01. The molecule has 2 aliphatic heterocycles. The lowest BCUT2D eigenvalue weighted by Crippen LogP contribution is -2.52. The van der Waals surface area contributed by atoms with Crippen LogP contribution < -0.4 is 9.62 Å². The molecular weight excluding hydrogens is 501 g/mol. The van der Waals surface area contributed by atoms with E-state index in [0.717, 1.165) is 38.2 Å². The number of nitrogens with one attached hydrogen (secondary N) is 1. The molecule has 3 aromatic rings. The molecule has 0 radical (unpaired) electrons. The zero-order valence-electron chi connectivity index (χ0n) is 19.9. The molecule has 0 spiro atoms. The number of thiazole rings is 1. The first-order valence-electron chi connectivity index (χ1n) is 11.9. The van der Waals surface area contributed by atoms with Crippen LogP contribution in [0, 0.1) is 5.82 Å². The highest BCUT2D eigenvalue weighted by atomic mass is 32.2. The molecular formula is C25H28FN5O3S2. The average molecular weight is 530 g/mol. The van der Waals surface area contributed by atoms with Crippen molar-refractivity contribution in [1.82, 2.24) is 14.8 Å². The van der Waals surface area contributed by atoms with Crippen molar-refractivity contribution in [3.63, 3.8) is 0 Å². The molecule has 5 rings (SSSR count). The van der Waals surface area contributed by atoms with E-state index in [0.29, 0.717) is 17.4 Å². The lowest BCUT2D eigenvalue weighted by molar-refractivity contribution is -0.122. The molecule has 190 valence electrons. The number of hydrogen-bond acceptors (Lipinski definition) is 7. The first kappa shape index (κ1) is 24.8. The van der Waals surface area contributed by atoms with Gasteiger partial charge in [0, 0.05) is 56.0 Å². The normalized spacial score (nSPS) is 20.6. The van der Waals surface area contributed by atoms with Crippen molar-refractivity contribution >= 4 is 38.1 Å².